The Balaban J connectivity index is 1.88. The number of nitrogens with one attached hydrogen (secondary N) is 1. The summed E-state index contributed by atoms with van der Waals surface area (Å²) in [4.78, 5) is 28.9. The van der Waals surface area contributed by atoms with Crippen LogP contribution in [0.1, 0.15) is 37.0 Å². The maximum Gasteiger partial charge on any atom is 0.243 e. The number of hydrogen-bond acceptors (Lipinski definition) is 3. The molecule has 4 nitrogen and oxygen atoms in total. The van der Waals surface area contributed by atoms with Crippen LogP contribution in [0, 0.1) is 0 Å². The van der Waals surface area contributed by atoms with Crippen LogP contribution < -0.4 is 5.32 Å². The number of carbonyl (C=O) groups is 2. The molecule has 8 heteroatoms. The Morgan fingerprint density at radius 2 is 1.62 bits per heavy atom. The van der Waals surface area contributed by atoms with E-state index in [4.69, 9.17) is 34.8 Å². The van der Waals surface area contributed by atoms with Crippen LogP contribution in [0.2, 0.25) is 15.1 Å². The number of nitrogens with zero attached hydrogens (tertiary/aromatic N) is 1. The standard InChI is InChI=1S/C29H31Cl3N2O2S/c1-3-20(2)33-29(36)27(16-21-8-5-4-6-9-21)34(17-22-12-13-25(31)26(32)15-22)28(35)19-37-18-23-10-7-11-24(30)14-23/h4-15,20,27H,3,16-19H2,1-2H3,(H,33,36)/t20-,27+/m1/s1. The van der Waals surface area contributed by atoms with Crippen molar-refractivity contribution in [1.82, 2.24) is 10.2 Å². The fraction of sp³-hybridized carbons (Fsp3) is 0.310. The van der Waals surface area contributed by atoms with E-state index in [9.17, 15) is 9.59 Å². The van der Waals surface area contributed by atoms with E-state index in [1.54, 1.807) is 17.0 Å². The molecule has 0 aliphatic carbocycles. The fourth-order valence-corrected chi connectivity index (χ4v) is 5.19. The van der Waals surface area contributed by atoms with E-state index in [-0.39, 0.29) is 30.2 Å². The second-order valence-corrected chi connectivity index (χ2v) is 11.2. The van der Waals surface area contributed by atoms with Gasteiger partial charge >= 0.3 is 0 Å². The van der Waals surface area contributed by atoms with Crippen LogP contribution >= 0.6 is 46.6 Å². The van der Waals surface area contributed by atoms with Gasteiger partial charge in [-0.25, -0.2) is 0 Å². The lowest BCUT2D eigenvalue weighted by Crippen LogP contribution is -2.52. The van der Waals surface area contributed by atoms with Gasteiger partial charge in [-0.2, -0.15) is 0 Å². The average molecular weight is 578 g/mol. The number of rotatable bonds is 12. The molecule has 3 aromatic rings. The molecule has 0 fully saturated rings. The molecule has 0 saturated heterocycles. The van der Waals surface area contributed by atoms with Crippen molar-refractivity contribution < 1.29 is 9.59 Å². The fourth-order valence-electron chi connectivity index (χ4n) is 3.80. The first kappa shape index (κ1) is 29.4. The normalized spacial score (nSPS) is 12.6. The van der Waals surface area contributed by atoms with E-state index in [2.05, 4.69) is 5.32 Å². The summed E-state index contributed by atoms with van der Waals surface area (Å²) in [6, 6.07) is 21.9. The Bertz CT molecular complexity index is 1190. The molecule has 0 bridgehead atoms. The zero-order chi connectivity index (χ0) is 26.8. The van der Waals surface area contributed by atoms with Crippen molar-refractivity contribution in [3.8, 4) is 0 Å². The van der Waals surface area contributed by atoms with Crippen molar-refractivity contribution in [1.29, 1.82) is 0 Å². The highest BCUT2D eigenvalue weighted by atomic mass is 35.5. The van der Waals surface area contributed by atoms with Crippen LogP contribution in [-0.4, -0.2) is 34.6 Å². The molecule has 2 amide bonds. The summed E-state index contributed by atoms with van der Waals surface area (Å²) in [5.74, 6) is 0.551. The summed E-state index contributed by atoms with van der Waals surface area (Å²) < 4.78 is 0. The summed E-state index contributed by atoms with van der Waals surface area (Å²) in [6.07, 6.45) is 1.19. The third-order valence-electron chi connectivity index (χ3n) is 5.99. The van der Waals surface area contributed by atoms with Crippen molar-refractivity contribution in [3.05, 3.63) is 105 Å². The third kappa shape index (κ3) is 9.26. The van der Waals surface area contributed by atoms with Gasteiger partial charge in [0.15, 0.2) is 0 Å². The van der Waals surface area contributed by atoms with Crippen molar-refractivity contribution in [2.24, 2.45) is 0 Å². The Morgan fingerprint density at radius 3 is 2.30 bits per heavy atom. The molecular formula is C29H31Cl3N2O2S. The highest BCUT2D eigenvalue weighted by molar-refractivity contribution is 7.99. The number of carbonyl (C=O) groups excluding carboxylic acids is 2. The minimum atomic E-state index is -0.690. The van der Waals surface area contributed by atoms with Gasteiger partial charge in [-0.15, -0.1) is 11.8 Å². The molecule has 3 aromatic carbocycles. The summed E-state index contributed by atoms with van der Waals surface area (Å²) in [5, 5.41) is 4.59. The van der Waals surface area contributed by atoms with Crippen LogP contribution in [0.5, 0.6) is 0 Å². The van der Waals surface area contributed by atoms with Crippen LogP contribution in [0.4, 0.5) is 0 Å². The van der Waals surface area contributed by atoms with E-state index < -0.39 is 6.04 Å². The topological polar surface area (TPSA) is 49.4 Å². The van der Waals surface area contributed by atoms with E-state index in [1.165, 1.54) is 11.8 Å². The Labute approximate surface area is 238 Å². The van der Waals surface area contributed by atoms with E-state index in [0.29, 0.717) is 27.2 Å². The van der Waals surface area contributed by atoms with Crippen molar-refractivity contribution >= 4 is 58.4 Å². The van der Waals surface area contributed by atoms with Gasteiger partial charge in [0.25, 0.3) is 0 Å². The van der Waals surface area contributed by atoms with Gasteiger partial charge in [0.1, 0.15) is 6.04 Å². The Hall–Kier alpha value is -2.18. The van der Waals surface area contributed by atoms with Gasteiger partial charge < -0.3 is 10.2 Å². The molecular weight excluding hydrogens is 547 g/mol. The number of amides is 2. The Morgan fingerprint density at radius 1 is 0.892 bits per heavy atom. The first-order chi connectivity index (χ1) is 17.8. The van der Waals surface area contributed by atoms with E-state index >= 15 is 0 Å². The quantitative estimate of drug-likeness (QED) is 0.243. The van der Waals surface area contributed by atoms with Gasteiger partial charge in [-0.05, 0) is 54.3 Å². The average Bonchev–Trinajstić information content (AvgIpc) is 2.88. The lowest BCUT2D eigenvalue weighted by atomic mass is 10.0. The molecule has 0 saturated carbocycles. The van der Waals surface area contributed by atoms with Gasteiger partial charge in [-0.3, -0.25) is 9.59 Å². The maximum absolute atomic E-state index is 13.7. The lowest BCUT2D eigenvalue weighted by molar-refractivity contribution is -0.139. The summed E-state index contributed by atoms with van der Waals surface area (Å²) >= 11 is 20.0. The predicted octanol–water partition coefficient (Wildman–Crippen LogP) is 7.43. The van der Waals surface area contributed by atoms with Crippen LogP contribution in [0.25, 0.3) is 0 Å². The SMILES string of the molecule is CC[C@@H](C)NC(=O)[C@H](Cc1ccccc1)N(Cc1ccc(Cl)c(Cl)c1)C(=O)CSCc1cccc(Cl)c1. The molecule has 0 heterocycles. The van der Waals surface area contributed by atoms with Crippen molar-refractivity contribution in [3.63, 3.8) is 0 Å². The highest BCUT2D eigenvalue weighted by Gasteiger charge is 2.31. The predicted molar refractivity (Wildman–Crippen MR) is 156 cm³/mol. The monoisotopic (exact) mass is 576 g/mol. The second kappa shape index (κ2) is 14.7. The highest BCUT2D eigenvalue weighted by Crippen LogP contribution is 2.25. The maximum atomic E-state index is 13.7. The Kier molecular flexibility index (Phi) is 11.7. The zero-order valence-electron chi connectivity index (χ0n) is 20.9. The summed E-state index contributed by atoms with van der Waals surface area (Å²) in [5.41, 5.74) is 2.82. The number of thioether (sulfide) groups is 1. The molecule has 0 radical (unpaired) electrons. The van der Waals surface area contributed by atoms with Gasteiger partial charge in [0.2, 0.25) is 11.8 Å². The molecule has 0 aliphatic rings. The van der Waals surface area contributed by atoms with E-state index in [1.807, 2.05) is 74.5 Å². The number of halogens is 3. The zero-order valence-corrected chi connectivity index (χ0v) is 24.0. The first-order valence-corrected chi connectivity index (χ1v) is 14.5. The summed E-state index contributed by atoms with van der Waals surface area (Å²) in [7, 11) is 0. The lowest BCUT2D eigenvalue weighted by Gasteiger charge is -2.32. The second-order valence-electron chi connectivity index (χ2n) is 8.92. The molecule has 0 aliphatic heterocycles. The summed E-state index contributed by atoms with van der Waals surface area (Å²) in [6.45, 7) is 4.21. The smallest absolute Gasteiger partial charge is 0.243 e. The van der Waals surface area contributed by atoms with Crippen LogP contribution in [0.3, 0.4) is 0 Å². The van der Waals surface area contributed by atoms with Gasteiger partial charge in [0.05, 0.1) is 15.8 Å². The number of benzene rings is 3. The molecule has 2 atom stereocenters. The first-order valence-electron chi connectivity index (χ1n) is 12.2. The molecule has 0 spiro atoms. The minimum absolute atomic E-state index is 0.00935. The molecule has 196 valence electrons. The van der Waals surface area contributed by atoms with Crippen LogP contribution in [0.15, 0.2) is 72.8 Å². The minimum Gasteiger partial charge on any atom is -0.352 e. The van der Waals surface area contributed by atoms with Crippen molar-refractivity contribution in [2.75, 3.05) is 5.75 Å². The van der Waals surface area contributed by atoms with Gasteiger partial charge in [-0.1, -0.05) is 90.3 Å². The van der Waals surface area contributed by atoms with E-state index in [0.717, 1.165) is 23.1 Å². The molecule has 0 unspecified atom stereocenters. The molecule has 3 rings (SSSR count). The molecule has 1 N–H and O–H groups in total. The molecule has 0 aromatic heterocycles. The molecule has 37 heavy (non-hydrogen) atoms. The third-order valence-corrected chi connectivity index (χ3v) is 7.96. The van der Waals surface area contributed by atoms with Crippen LogP contribution in [-0.2, 0) is 28.3 Å². The van der Waals surface area contributed by atoms with Crippen molar-refractivity contribution in [2.45, 2.75) is 51.1 Å². The number of hydrogen-bond donors (Lipinski definition) is 1. The largest absolute Gasteiger partial charge is 0.352 e. The van der Waals surface area contributed by atoms with Gasteiger partial charge in [0, 0.05) is 29.8 Å².